The lowest BCUT2D eigenvalue weighted by atomic mass is 10.0. The minimum absolute atomic E-state index is 0.0927. The number of nitrogens with zero attached hydrogens (tertiary/aromatic N) is 1. The van der Waals surface area contributed by atoms with E-state index in [2.05, 4.69) is 15.8 Å². The zero-order valence-electron chi connectivity index (χ0n) is 20.4. The van der Waals surface area contributed by atoms with Gasteiger partial charge in [0.25, 0.3) is 5.91 Å². The third-order valence-corrected chi connectivity index (χ3v) is 5.71. The van der Waals surface area contributed by atoms with Gasteiger partial charge in [-0.1, -0.05) is 54.6 Å². The Hall–Kier alpha value is -4.65. The van der Waals surface area contributed by atoms with E-state index in [1.807, 2.05) is 68.4 Å². The Kier molecular flexibility index (Phi) is 7.60. The van der Waals surface area contributed by atoms with Crippen molar-refractivity contribution in [3.8, 4) is 11.5 Å². The highest BCUT2D eigenvalue weighted by Crippen LogP contribution is 2.29. The Morgan fingerprint density at radius 2 is 1.61 bits per heavy atom. The van der Waals surface area contributed by atoms with Crippen molar-refractivity contribution < 1.29 is 19.1 Å². The summed E-state index contributed by atoms with van der Waals surface area (Å²) in [4.78, 5) is 25.1. The highest BCUT2D eigenvalue weighted by Gasteiger charge is 2.15. The molecule has 4 aromatic rings. The lowest BCUT2D eigenvalue weighted by Crippen LogP contribution is -2.26. The van der Waals surface area contributed by atoms with Crippen molar-refractivity contribution in [2.24, 2.45) is 5.10 Å². The number of para-hydroxylation sites is 1. The number of amides is 1. The lowest BCUT2D eigenvalue weighted by Gasteiger charge is -2.12. The van der Waals surface area contributed by atoms with E-state index in [1.165, 1.54) is 13.3 Å². The molecule has 0 saturated heterocycles. The molecule has 0 aliphatic rings. The Balaban J connectivity index is 1.39. The summed E-state index contributed by atoms with van der Waals surface area (Å²) in [5.41, 5.74) is 6.72. The van der Waals surface area contributed by atoms with E-state index < -0.39 is 5.97 Å². The number of hydrazone groups is 1. The van der Waals surface area contributed by atoms with Crippen molar-refractivity contribution in [3.05, 3.63) is 101 Å². The fourth-order valence-corrected chi connectivity index (χ4v) is 3.89. The Bertz CT molecular complexity index is 1420. The van der Waals surface area contributed by atoms with Gasteiger partial charge in [0.1, 0.15) is 0 Å². The predicted molar refractivity (Wildman–Crippen MR) is 142 cm³/mol. The van der Waals surface area contributed by atoms with Crippen LogP contribution in [-0.2, 0) is 4.79 Å². The second-order valence-corrected chi connectivity index (χ2v) is 8.24. The number of carbonyl (C=O) groups excluding carboxylic acids is 2. The summed E-state index contributed by atoms with van der Waals surface area (Å²) in [5.74, 6) is -0.0957. The molecule has 0 aromatic heterocycles. The number of fused-ring (bicyclic) bond motifs is 1. The lowest BCUT2D eigenvalue weighted by molar-refractivity contribution is -0.119. The zero-order valence-corrected chi connectivity index (χ0v) is 20.4. The van der Waals surface area contributed by atoms with Crippen LogP contribution in [0.15, 0.2) is 84.0 Å². The molecule has 0 spiro atoms. The summed E-state index contributed by atoms with van der Waals surface area (Å²) >= 11 is 0. The summed E-state index contributed by atoms with van der Waals surface area (Å²) < 4.78 is 11.0. The number of nitrogens with one attached hydrogen (secondary N) is 2. The molecule has 7 nitrogen and oxygen atoms in total. The van der Waals surface area contributed by atoms with Gasteiger partial charge in [0.05, 0.1) is 25.4 Å². The van der Waals surface area contributed by atoms with Gasteiger partial charge in [0.2, 0.25) is 0 Å². The van der Waals surface area contributed by atoms with Gasteiger partial charge in [-0.25, -0.2) is 10.2 Å². The Morgan fingerprint density at radius 3 is 2.39 bits per heavy atom. The Labute approximate surface area is 209 Å². The first-order chi connectivity index (χ1) is 17.5. The first kappa shape index (κ1) is 24.5. The molecule has 0 fully saturated rings. The number of hydrogen-bond donors (Lipinski definition) is 2. The molecule has 0 saturated carbocycles. The van der Waals surface area contributed by atoms with Gasteiger partial charge in [-0.3, -0.25) is 4.79 Å². The maximum Gasteiger partial charge on any atom is 0.344 e. The summed E-state index contributed by atoms with van der Waals surface area (Å²) in [7, 11) is 1.49. The average Bonchev–Trinajstić information content (AvgIpc) is 2.88. The van der Waals surface area contributed by atoms with E-state index in [-0.39, 0.29) is 18.2 Å². The van der Waals surface area contributed by atoms with Crippen molar-refractivity contribution in [1.29, 1.82) is 0 Å². The molecule has 7 heteroatoms. The molecule has 4 aromatic carbocycles. The van der Waals surface area contributed by atoms with Crippen LogP contribution in [-0.4, -0.2) is 31.7 Å². The third-order valence-electron chi connectivity index (χ3n) is 5.71. The van der Waals surface area contributed by atoms with Crippen LogP contribution in [0.25, 0.3) is 10.8 Å². The molecular formula is C29H27N3O4. The van der Waals surface area contributed by atoms with Crippen LogP contribution >= 0.6 is 0 Å². The first-order valence-electron chi connectivity index (χ1n) is 11.5. The van der Waals surface area contributed by atoms with Gasteiger partial charge >= 0.3 is 5.97 Å². The minimum atomic E-state index is -0.477. The van der Waals surface area contributed by atoms with E-state index in [4.69, 9.17) is 9.47 Å². The second-order valence-electron chi connectivity index (χ2n) is 8.24. The number of rotatable bonds is 8. The number of anilines is 1. The topological polar surface area (TPSA) is 89.0 Å². The van der Waals surface area contributed by atoms with Gasteiger partial charge in [-0.2, -0.15) is 5.10 Å². The smallest absolute Gasteiger partial charge is 0.344 e. The standard InChI is InChI=1S/C29H27N3O4/c1-19-8-6-9-20(2)28(19)30-18-27(33)32-31-17-21-14-15-25(26(16-21)35-3)36-29(34)24-13-7-11-22-10-4-5-12-23(22)24/h4-17,30H,18H2,1-3H3,(H,32,33)/b31-17+. The van der Waals surface area contributed by atoms with Crippen molar-refractivity contribution in [3.63, 3.8) is 0 Å². The molecule has 0 aliphatic carbocycles. The van der Waals surface area contributed by atoms with Crippen LogP contribution in [0.3, 0.4) is 0 Å². The number of aryl methyl sites for hydroxylation is 2. The number of carbonyl (C=O) groups is 2. The highest BCUT2D eigenvalue weighted by molar-refractivity contribution is 6.05. The minimum Gasteiger partial charge on any atom is -0.493 e. The number of ether oxygens (including phenoxy) is 2. The van der Waals surface area contributed by atoms with E-state index >= 15 is 0 Å². The molecule has 2 N–H and O–H groups in total. The molecule has 4 rings (SSSR count). The molecule has 0 bridgehead atoms. The van der Waals surface area contributed by atoms with Crippen LogP contribution in [0.2, 0.25) is 0 Å². The highest BCUT2D eigenvalue weighted by atomic mass is 16.6. The van der Waals surface area contributed by atoms with E-state index in [0.717, 1.165) is 27.6 Å². The Morgan fingerprint density at radius 1 is 0.889 bits per heavy atom. The summed E-state index contributed by atoms with van der Waals surface area (Å²) in [5, 5.41) is 8.93. The van der Waals surface area contributed by atoms with Crippen LogP contribution < -0.4 is 20.2 Å². The number of hydrogen-bond acceptors (Lipinski definition) is 6. The number of esters is 1. The molecule has 36 heavy (non-hydrogen) atoms. The van der Waals surface area contributed by atoms with Gasteiger partial charge in [0, 0.05) is 5.69 Å². The number of benzene rings is 4. The molecule has 0 radical (unpaired) electrons. The predicted octanol–water partition coefficient (Wildman–Crippen LogP) is 5.25. The maximum absolute atomic E-state index is 12.9. The van der Waals surface area contributed by atoms with Gasteiger partial charge < -0.3 is 14.8 Å². The molecule has 1 amide bonds. The normalized spacial score (nSPS) is 10.9. The van der Waals surface area contributed by atoms with Crippen molar-refractivity contribution >= 4 is 34.6 Å². The molecule has 0 unspecified atom stereocenters. The van der Waals surface area contributed by atoms with Gasteiger partial charge in [-0.05, 0) is 65.6 Å². The van der Waals surface area contributed by atoms with Crippen LogP contribution in [0.5, 0.6) is 11.5 Å². The van der Waals surface area contributed by atoms with Crippen molar-refractivity contribution in [2.45, 2.75) is 13.8 Å². The summed E-state index contributed by atoms with van der Waals surface area (Å²) in [6, 6.07) is 24.1. The fourth-order valence-electron chi connectivity index (χ4n) is 3.89. The second kappa shape index (κ2) is 11.2. The van der Waals surface area contributed by atoms with Crippen LogP contribution in [0, 0.1) is 13.8 Å². The largest absolute Gasteiger partial charge is 0.493 e. The van der Waals surface area contributed by atoms with Gasteiger partial charge in [0.15, 0.2) is 11.5 Å². The fraction of sp³-hybridized carbons (Fsp3) is 0.138. The van der Waals surface area contributed by atoms with Crippen LogP contribution in [0.4, 0.5) is 5.69 Å². The van der Waals surface area contributed by atoms with E-state index in [0.29, 0.717) is 16.9 Å². The molecule has 0 aliphatic heterocycles. The maximum atomic E-state index is 12.9. The number of methoxy groups -OCH3 is 1. The average molecular weight is 482 g/mol. The monoisotopic (exact) mass is 481 g/mol. The zero-order chi connectivity index (χ0) is 25.5. The quantitative estimate of drug-likeness (QED) is 0.155. The SMILES string of the molecule is COc1cc(/C=N/NC(=O)CNc2c(C)cccc2C)ccc1OC(=O)c1cccc2ccccc12. The van der Waals surface area contributed by atoms with Crippen LogP contribution in [0.1, 0.15) is 27.0 Å². The summed E-state index contributed by atoms with van der Waals surface area (Å²) in [6.07, 6.45) is 1.50. The van der Waals surface area contributed by atoms with E-state index in [1.54, 1.807) is 24.3 Å². The van der Waals surface area contributed by atoms with Crippen molar-refractivity contribution in [2.75, 3.05) is 19.0 Å². The van der Waals surface area contributed by atoms with Crippen molar-refractivity contribution in [1.82, 2.24) is 5.43 Å². The summed E-state index contributed by atoms with van der Waals surface area (Å²) in [6.45, 7) is 4.07. The molecule has 0 atom stereocenters. The molecule has 182 valence electrons. The molecular weight excluding hydrogens is 454 g/mol. The van der Waals surface area contributed by atoms with Gasteiger partial charge in [-0.15, -0.1) is 0 Å². The molecule has 0 heterocycles. The third kappa shape index (κ3) is 5.70. The first-order valence-corrected chi connectivity index (χ1v) is 11.5. The van der Waals surface area contributed by atoms with E-state index in [9.17, 15) is 9.59 Å².